The summed E-state index contributed by atoms with van der Waals surface area (Å²) in [7, 11) is -3.34. The van der Waals surface area contributed by atoms with Gasteiger partial charge in [-0.15, -0.1) is 12.4 Å². The Morgan fingerprint density at radius 3 is 2.55 bits per heavy atom. The van der Waals surface area contributed by atoms with E-state index in [-0.39, 0.29) is 18.3 Å². The van der Waals surface area contributed by atoms with Gasteiger partial charge < -0.3 is 11.1 Å². The van der Waals surface area contributed by atoms with Crippen LogP contribution in [0.15, 0.2) is 18.2 Å². The zero-order valence-corrected chi connectivity index (χ0v) is 13.1. The molecule has 1 aromatic carbocycles. The minimum atomic E-state index is -3.34. The van der Waals surface area contributed by atoms with E-state index in [1.165, 1.54) is 0 Å². The minimum absolute atomic E-state index is 0. The van der Waals surface area contributed by atoms with E-state index < -0.39 is 10.0 Å². The normalized spacial score (nSPS) is 10.6. The SMILES string of the molecule is Cc1ccc(NC(=O)CCCN)cc1NS(C)(=O)=O.Cl. The molecular formula is C12H20ClN3O3S. The van der Waals surface area contributed by atoms with Crippen molar-refractivity contribution >= 4 is 39.7 Å². The number of sulfonamides is 1. The molecule has 1 aromatic rings. The third-order valence-corrected chi connectivity index (χ3v) is 3.02. The van der Waals surface area contributed by atoms with E-state index in [0.29, 0.717) is 30.8 Å². The first-order valence-corrected chi connectivity index (χ1v) is 7.79. The van der Waals surface area contributed by atoms with Crippen LogP contribution in [-0.2, 0) is 14.8 Å². The number of carbonyl (C=O) groups excluding carboxylic acids is 1. The van der Waals surface area contributed by atoms with Crippen molar-refractivity contribution in [3.05, 3.63) is 23.8 Å². The van der Waals surface area contributed by atoms with E-state index in [1.54, 1.807) is 25.1 Å². The highest BCUT2D eigenvalue weighted by atomic mass is 35.5. The summed E-state index contributed by atoms with van der Waals surface area (Å²) in [5.41, 5.74) is 7.12. The maximum absolute atomic E-state index is 11.5. The van der Waals surface area contributed by atoms with Crippen molar-refractivity contribution in [2.75, 3.05) is 22.8 Å². The average molecular weight is 322 g/mol. The summed E-state index contributed by atoms with van der Waals surface area (Å²) in [6, 6.07) is 5.06. The van der Waals surface area contributed by atoms with E-state index in [4.69, 9.17) is 5.73 Å². The second-order valence-electron chi connectivity index (χ2n) is 4.34. The van der Waals surface area contributed by atoms with Gasteiger partial charge in [0, 0.05) is 12.1 Å². The van der Waals surface area contributed by atoms with Crippen molar-refractivity contribution in [3.8, 4) is 0 Å². The van der Waals surface area contributed by atoms with E-state index in [0.717, 1.165) is 11.8 Å². The molecule has 0 spiro atoms. The Kier molecular flexibility index (Phi) is 7.55. The smallest absolute Gasteiger partial charge is 0.229 e. The molecule has 0 unspecified atom stereocenters. The van der Waals surface area contributed by atoms with Crippen molar-refractivity contribution in [1.82, 2.24) is 0 Å². The zero-order valence-electron chi connectivity index (χ0n) is 11.5. The summed E-state index contributed by atoms with van der Waals surface area (Å²) in [4.78, 5) is 11.5. The quantitative estimate of drug-likeness (QED) is 0.738. The lowest BCUT2D eigenvalue weighted by Crippen LogP contribution is -2.14. The van der Waals surface area contributed by atoms with E-state index >= 15 is 0 Å². The highest BCUT2D eigenvalue weighted by molar-refractivity contribution is 7.92. The van der Waals surface area contributed by atoms with Crippen molar-refractivity contribution in [2.45, 2.75) is 19.8 Å². The second-order valence-corrected chi connectivity index (χ2v) is 6.09. The summed E-state index contributed by atoms with van der Waals surface area (Å²) in [5, 5.41) is 2.70. The maximum atomic E-state index is 11.5. The van der Waals surface area contributed by atoms with Crippen LogP contribution in [0.25, 0.3) is 0 Å². The Morgan fingerprint density at radius 2 is 2.00 bits per heavy atom. The third kappa shape index (κ3) is 6.74. The number of benzene rings is 1. The molecule has 8 heteroatoms. The van der Waals surface area contributed by atoms with Gasteiger partial charge in [0.2, 0.25) is 15.9 Å². The van der Waals surface area contributed by atoms with Gasteiger partial charge in [-0.25, -0.2) is 8.42 Å². The first-order valence-electron chi connectivity index (χ1n) is 5.90. The molecule has 114 valence electrons. The van der Waals surface area contributed by atoms with E-state index in [1.807, 2.05) is 0 Å². The Labute approximate surface area is 125 Å². The molecule has 0 aliphatic rings. The Balaban J connectivity index is 0.00000361. The number of rotatable bonds is 6. The standard InChI is InChI=1S/C12H19N3O3S.ClH/c1-9-5-6-10(14-12(16)4-3-7-13)8-11(9)15-19(2,17)18;/h5-6,8,15H,3-4,7,13H2,1-2H3,(H,14,16);1H. The molecule has 0 atom stereocenters. The van der Waals surface area contributed by atoms with E-state index in [9.17, 15) is 13.2 Å². The summed E-state index contributed by atoms with van der Waals surface area (Å²) in [6.45, 7) is 2.25. The highest BCUT2D eigenvalue weighted by Gasteiger charge is 2.07. The predicted octanol–water partition coefficient (Wildman–Crippen LogP) is 1.47. The molecule has 20 heavy (non-hydrogen) atoms. The van der Waals surface area contributed by atoms with Crippen LogP contribution in [0.3, 0.4) is 0 Å². The lowest BCUT2D eigenvalue weighted by Gasteiger charge is -2.11. The molecule has 0 bridgehead atoms. The lowest BCUT2D eigenvalue weighted by molar-refractivity contribution is -0.116. The molecule has 0 radical (unpaired) electrons. The van der Waals surface area contributed by atoms with Crippen LogP contribution in [-0.4, -0.2) is 27.1 Å². The summed E-state index contributed by atoms with van der Waals surface area (Å²) in [5.74, 6) is -0.139. The fourth-order valence-corrected chi connectivity index (χ4v) is 2.11. The van der Waals surface area contributed by atoms with Gasteiger partial charge >= 0.3 is 0 Å². The molecule has 0 fully saturated rings. The third-order valence-electron chi connectivity index (χ3n) is 2.42. The Morgan fingerprint density at radius 1 is 1.35 bits per heavy atom. The molecule has 1 amide bonds. The molecule has 4 N–H and O–H groups in total. The number of nitrogens with two attached hydrogens (primary N) is 1. The topological polar surface area (TPSA) is 101 Å². The molecule has 0 saturated heterocycles. The van der Waals surface area contributed by atoms with Crippen molar-refractivity contribution < 1.29 is 13.2 Å². The number of carbonyl (C=O) groups is 1. The van der Waals surface area contributed by atoms with Gasteiger partial charge in [-0.3, -0.25) is 9.52 Å². The average Bonchev–Trinajstić information content (AvgIpc) is 2.29. The van der Waals surface area contributed by atoms with Gasteiger partial charge in [0.25, 0.3) is 0 Å². The number of halogens is 1. The first kappa shape index (κ1) is 18.7. The molecule has 6 nitrogen and oxygen atoms in total. The summed E-state index contributed by atoms with van der Waals surface area (Å²) < 4.78 is 24.8. The molecule has 0 aromatic heterocycles. The Bertz CT molecular complexity index is 561. The molecule has 0 aliphatic heterocycles. The summed E-state index contributed by atoms with van der Waals surface area (Å²) >= 11 is 0. The monoisotopic (exact) mass is 321 g/mol. The number of hydrogen-bond donors (Lipinski definition) is 3. The van der Waals surface area contributed by atoms with Gasteiger partial charge in [0.15, 0.2) is 0 Å². The zero-order chi connectivity index (χ0) is 14.5. The van der Waals surface area contributed by atoms with Gasteiger partial charge in [0.05, 0.1) is 11.9 Å². The van der Waals surface area contributed by atoms with Gasteiger partial charge in [-0.05, 0) is 37.6 Å². The molecular weight excluding hydrogens is 302 g/mol. The van der Waals surface area contributed by atoms with Crippen molar-refractivity contribution in [3.63, 3.8) is 0 Å². The largest absolute Gasteiger partial charge is 0.330 e. The van der Waals surface area contributed by atoms with E-state index in [2.05, 4.69) is 10.0 Å². The number of hydrogen-bond acceptors (Lipinski definition) is 4. The molecule has 0 aliphatic carbocycles. The highest BCUT2D eigenvalue weighted by Crippen LogP contribution is 2.21. The van der Waals surface area contributed by atoms with Crippen LogP contribution in [0.1, 0.15) is 18.4 Å². The van der Waals surface area contributed by atoms with Gasteiger partial charge in [0.1, 0.15) is 0 Å². The summed E-state index contributed by atoms with van der Waals surface area (Å²) in [6.07, 6.45) is 2.05. The predicted molar refractivity (Wildman–Crippen MR) is 83.8 cm³/mol. The fraction of sp³-hybridized carbons (Fsp3) is 0.417. The van der Waals surface area contributed by atoms with Crippen molar-refractivity contribution in [1.29, 1.82) is 0 Å². The molecule has 1 rings (SSSR count). The van der Waals surface area contributed by atoms with Crippen LogP contribution in [0.5, 0.6) is 0 Å². The first-order chi connectivity index (χ1) is 8.81. The molecule has 0 heterocycles. The van der Waals surface area contributed by atoms with Crippen LogP contribution in [0, 0.1) is 6.92 Å². The number of aryl methyl sites for hydroxylation is 1. The number of anilines is 2. The lowest BCUT2D eigenvalue weighted by atomic mass is 10.2. The van der Waals surface area contributed by atoms with Gasteiger partial charge in [-0.1, -0.05) is 6.07 Å². The van der Waals surface area contributed by atoms with Gasteiger partial charge in [-0.2, -0.15) is 0 Å². The van der Waals surface area contributed by atoms with Crippen LogP contribution < -0.4 is 15.8 Å². The van der Waals surface area contributed by atoms with Crippen LogP contribution in [0.2, 0.25) is 0 Å². The minimum Gasteiger partial charge on any atom is -0.330 e. The Hall–Kier alpha value is -1.31. The fourth-order valence-electron chi connectivity index (χ4n) is 1.50. The maximum Gasteiger partial charge on any atom is 0.229 e. The molecule has 0 saturated carbocycles. The van der Waals surface area contributed by atoms with Crippen LogP contribution >= 0.6 is 12.4 Å². The van der Waals surface area contributed by atoms with Crippen LogP contribution in [0.4, 0.5) is 11.4 Å². The van der Waals surface area contributed by atoms with Crippen molar-refractivity contribution in [2.24, 2.45) is 5.73 Å². The second kappa shape index (κ2) is 8.08. The number of nitrogens with one attached hydrogen (secondary N) is 2. The number of amides is 1.